The second-order valence-electron chi connectivity index (χ2n) is 11.2. The van der Waals surface area contributed by atoms with Gasteiger partial charge in [-0.05, 0) is 83.6 Å². The van der Waals surface area contributed by atoms with Gasteiger partial charge in [0, 0.05) is 53.9 Å². The molecule has 2 aromatic heterocycles. The summed E-state index contributed by atoms with van der Waals surface area (Å²) < 4.78 is 7.46. The standard InChI is InChI=1S/C32H40N4O3S/c1-7-9-22-12-13-24(18-26(22)21(2)37)28-20-40-31(34-28)35-29(23-10-8-11-23)27(15-17-39-6)33-30(38)25-14-16-36(19-25)32(3,4)5/h7,9,12-14,16,18-20,27H,8,10-11,15,17H2,1-6H3,(H,33,38)(H,34,35)/b9-7-. The number of hydrogen-bond donors (Lipinski definition) is 2. The van der Waals surface area contributed by atoms with E-state index in [2.05, 4.69) is 36.0 Å². The Morgan fingerprint density at radius 3 is 2.60 bits per heavy atom. The van der Waals surface area contributed by atoms with E-state index in [0.29, 0.717) is 24.2 Å². The van der Waals surface area contributed by atoms with Gasteiger partial charge in [0.2, 0.25) is 0 Å². The highest BCUT2D eigenvalue weighted by molar-refractivity contribution is 7.14. The lowest BCUT2D eigenvalue weighted by molar-refractivity contribution is 0.0931. The van der Waals surface area contributed by atoms with E-state index in [4.69, 9.17) is 9.72 Å². The van der Waals surface area contributed by atoms with E-state index in [1.807, 2.05) is 61.1 Å². The summed E-state index contributed by atoms with van der Waals surface area (Å²) in [5.41, 5.74) is 6.12. The van der Waals surface area contributed by atoms with Crippen molar-refractivity contribution in [2.45, 2.75) is 71.9 Å². The van der Waals surface area contributed by atoms with Crippen molar-refractivity contribution >= 4 is 34.2 Å². The first-order valence-corrected chi connectivity index (χ1v) is 14.7. The predicted octanol–water partition coefficient (Wildman–Crippen LogP) is 7.29. The summed E-state index contributed by atoms with van der Waals surface area (Å²) in [6, 6.07) is 7.49. The number of carbonyl (C=O) groups is 2. The molecule has 1 unspecified atom stereocenters. The second kappa shape index (κ2) is 12.8. The maximum absolute atomic E-state index is 13.3. The number of carbonyl (C=O) groups excluding carboxylic acids is 2. The molecule has 1 amide bonds. The van der Waals surface area contributed by atoms with Crippen molar-refractivity contribution in [3.63, 3.8) is 0 Å². The van der Waals surface area contributed by atoms with Crippen molar-refractivity contribution in [2.75, 3.05) is 19.0 Å². The SMILES string of the molecule is C/C=C\c1ccc(-c2csc(NC(=C3CCC3)C(CCOC)NC(=O)c3ccn(C(C)(C)C)c3)n2)cc1C(C)=O. The van der Waals surface area contributed by atoms with Crippen molar-refractivity contribution in [2.24, 2.45) is 0 Å². The number of anilines is 1. The molecule has 0 aliphatic heterocycles. The molecule has 1 atom stereocenters. The fraction of sp³-hybridized carbons (Fsp3) is 0.406. The number of aromatic nitrogens is 2. The van der Waals surface area contributed by atoms with Crippen LogP contribution in [0.25, 0.3) is 17.3 Å². The van der Waals surface area contributed by atoms with E-state index in [0.717, 1.165) is 46.9 Å². The third-order valence-corrected chi connectivity index (χ3v) is 7.91. The Bertz CT molecular complexity index is 1420. The first-order valence-electron chi connectivity index (χ1n) is 13.8. The van der Waals surface area contributed by atoms with Crippen LogP contribution < -0.4 is 10.6 Å². The molecule has 8 heteroatoms. The van der Waals surface area contributed by atoms with Gasteiger partial charge in [-0.25, -0.2) is 4.98 Å². The molecule has 2 heterocycles. The fourth-order valence-corrected chi connectivity index (χ4v) is 5.42. The van der Waals surface area contributed by atoms with Gasteiger partial charge in [0.05, 0.1) is 17.3 Å². The Balaban J connectivity index is 1.58. The van der Waals surface area contributed by atoms with Gasteiger partial charge >= 0.3 is 0 Å². The molecule has 4 rings (SSSR count). The quantitative estimate of drug-likeness (QED) is 0.241. The molecule has 0 spiro atoms. The highest BCUT2D eigenvalue weighted by Gasteiger charge is 2.26. The Hall–Kier alpha value is -3.49. The minimum absolute atomic E-state index is 0.0232. The fourth-order valence-electron chi connectivity index (χ4n) is 4.68. The average Bonchev–Trinajstić information content (AvgIpc) is 3.56. The third kappa shape index (κ3) is 6.98. The molecule has 2 N–H and O–H groups in total. The molecule has 0 saturated heterocycles. The second-order valence-corrected chi connectivity index (χ2v) is 12.0. The lowest BCUT2D eigenvalue weighted by atomic mass is 9.87. The third-order valence-electron chi connectivity index (χ3n) is 7.15. The molecule has 7 nitrogen and oxygen atoms in total. The number of nitrogens with one attached hydrogen (secondary N) is 2. The molecule has 212 valence electrons. The summed E-state index contributed by atoms with van der Waals surface area (Å²) in [5.74, 6) is -0.0868. The van der Waals surface area contributed by atoms with Crippen LogP contribution in [0.5, 0.6) is 0 Å². The van der Waals surface area contributed by atoms with Gasteiger partial charge in [-0.15, -0.1) is 11.3 Å². The van der Waals surface area contributed by atoms with Gasteiger partial charge < -0.3 is 19.9 Å². The molecule has 0 radical (unpaired) electrons. The first-order chi connectivity index (χ1) is 19.1. The zero-order chi connectivity index (χ0) is 28.9. The number of Topliss-reactive ketones (excluding diaryl/α,β-unsaturated/α-hetero) is 1. The highest BCUT2D eigenvalue weighted by Crippen LogP contribution is 2.34. The van der Waals surface area contributed by atoms with E-state index in [-0.39, 0.29) is 23.3 Å². The molecule has 0 bridgehead atoms. The van der Waals surface area contributed by atoms with Crippen molar-refractivity contribution in [1.29, 1.82) is 0 Å². The zero-order valence-electron chi connectivity index (χ0n) is 24.3. The average molecular weight is 561 g/mol. The maximum Gasteiger partial charge on any atom is 0.253 e. The summed E-state index contributed by atoms with van der Waals surface area (Å²) in [6.45, 7) is 10.4. The maximum atomic E-state index is 13.3. The Labute approximate surface area is 241 Å². The molecular formula is C32H40N4O3S. The highest BCUT2D eigenvalue weighted by atomic mass is 32.1. The minimum atomic E-state index is -0.238. The van der Waals surface area contributed by atoms with Crippen LogP contribution in [-0.2, 0) is 10.3 Å². The number of benzene rings is 1. The van der Waals surface area contributed by atoms with Crippen LogP contribution in [0.1, 0.15) is 86.6 Å². The van der Waals surface area contributed by atoms with Crippen LogP contribution in [-0.4, -0.2) is 41.0 Å². The van der Waals surface area contributed by atoms with E-state index in [9.17, 15) is 9.59 Å². The molecule has 40 heavy (non-hydrogen) atoms. The summed E-state index contributed by atoms with van der Waals surface area (Å²) in [6.07, 6.45) is 11.5. The normalized spacial score (nSPS) is 14.2. The Morgan fingerprint density at radius 1 is 1.23 bits per heavy atom. The van der Waals surface area contributed by atoms with Crippen molar-refractivity contribution in [3.8, 4) is 11.3 Å². The summed E-state index contributed by atoms with van der Waals surface area (Å²) in [4.78, 5) is 30.5. The van der Waals surface area contributed by atoms with Crippen molar-refractivity contribution < 1.29 is 14.3 Å². The van der Waals surface area contributed by atoms with Crippen LogP contribution in [0.4, 0.5) is 5.13 Å². The van der Waals surface area contributed by atoms with E-state index >= 15 is 0 Å². The van der Waals surface area contributed by atoms with Crippen molar-refractivity contribution in [3.05, 3.63) is 76.1 Å². The lowest BCUT2D eigenvalue weighted by Crippen LogP contribution is -2.40. The first kappa shape index (κ1) is 29.5. The molecule has 1 aromatic carbocycles. The van der Waals surface area contributed by atoms with Crippen LogP contribution in [0.3, 0.4) is 0 Å². The minimum Gasteiger partial charge on any atom is -0.385 e. The number of allylic oxidation sites excluding steroid dienone is 2. The molecule has 1 fully saturated rings. The number of thiazole rings is 1. The molecular weight excluding hydrogens is 520 g/mol. The van der Waals surface area contributed by atoms with Crippen LogP contribution in [0.15, 0.2) is 59.4 Å². The number of ketones is 1. The Kier molecular flexibility index (Phi) is 9.43. The number of nitrogens with zero attached hydrogens (tertiary/aromatic N) is 2. The van der Waals surface area contributed by atoms with Gasteiger partial charge in [0.25, 0.3) is 5.91 Å². The number of amides is 1. The zero-order valence-corrected chi connectivity index (χ0v) is 25.2. The van der Waals surface area contributed by atoms with Gasteiger partial charge in [-0.2, -0.15) is 0 Å². The summed E-state index contributed by atoms with van der Waals surface area (Å²) in [7, 11) is 1.68. The van der Waals surface area contributed by atoms with Crippen molar-refractivity contribution in [1.82, 2.24) is 14.9 Å². The van der Waals surface area contributed by atoms with Gasteiger partial charge in [-0.1, -0.05) is 24.3 Å². The van der Waals surface area contributed by atoms with Crippen LogP contribution in [0.2, 0.25) is 0 Å². The van der Waals surface area contributed by atoms with E-state index < -0.39 is 0 Å². The summed E-state index contributed by atoms with van der Waals surface area (Å²) in [5, 5.41) is 9.58. The number of hydrogen-bond acceptors (Lipinski definition) is 6. The number of rotatable bonds is 11. The Morgan fingerprint density at radius 2 is 2.00 bits per heavy atom. The van der Waals surface area contributed by atoms with Gasteiger partial charge in [-0.3, -0.25) is 9.59 Å². The lowest BCUT2D eigenvalue weighted by Gasteiger charge is -2.29. The smallest absolute Gasteiger partial charge is 0.253 e. The van der Waals surface area contributed by atoms with Crippen LogP contribution in [0, 0.1) is 0 Å². The van der Waals surface area contributed by atoms with Gasteiger partial charge in [0.15, 0.2) is 10.9 Å². The topological polar surface area (TPSA) is 85.2 Å². The molecule has 1 saturated carbocycles. The van der Waals surface area contributed by atoms with Crippen LogP contribution >= 0.6 is 11.3 Å². The molecule has 1 aliphatic carbocycles. The number of ether oxygens (including phenoxy) is 1. The van der Waals surface area contributed by atoms with E-state index in [1.54, 1.807) is 14.0 Å². The van der Waals surface area contributed by atoms with Gasteiger partial charge in [0.1, 0.15) is 0 Å². The largest absolute Gasteiger partial charge is 0.385 e. The summed E-state index contributed by atoms with van der Waals surface area (Å²) >= 11 is 1.51. The molecule has 3 aromatic rings. The molecule has 1 aliphatic rings. The predicted molar refractivity (Wildman–Crippen MR) is 164 cm³/mol. The van der Waals surface area contributed by atoms with E-state index in [1.165, 1.54) is 16.9 Å². The number of methoxy groups -OCH3 is 1. The monoisotopic (exact) mass is 560 g/mol.